The van der Waals surface area contributed by atoms with Crippen LogP contribution in [0.15, 0.2) is 42.5 Å². The van der Waals surface area contributed by atoms with Crippen LogP contribution in [-0.4, -0.2) is 20.2 Å². The average Bonchev–Trinajstić information content (AvgIpc) is 2.65. The summed E-state index contributed by atoms with van der Waals surface area (Å²) in [5, 5.41) is 9.56. The monoisotopic (exact) mass is 319 g/mol. The topological polar surface area (TPSA) is 59.3 Å². The van der Waals surface area contributed by atoms with Gasteiger partial charge in [0.05, 0.1) is 19.8 Å². The minimum absolute atomic E-state index is 0.367. The van der Waals surface area contributed by atoms with Crippen molar-refractivity contribution in [2.24, 2.45) is 0 Å². The number of nitriles is 1. The number of rotatable bonds is 3. The maximum atomic E-state index is 11.9. The van der Waals surface area contributed by atoms with Crippen molar-refractivity contribution in [1.29, 1.82) is 5.26 Å². The summed E-state index contributed by atoms with van der Waals surface area (Å²) in [4.78, 5) is 11.9. The predicted octanol–water partition coefficient (Wildman–Crippen LogP) is 3.73. The lowest BCUT2D eigenvalue weighted by atomic mass is 9.84. The summed E-state index contributed by atoms with van der Waals surface area (Å²) in [6.07, 6.45) is 3.91. The molecule has 0 aromatic heterocycles. The molecule has 0 radical (unpaired) electrons. The number of fused-ring (bicyclic) bond motifs is 1. The summed E-state index contributed by atoms with van der Waals surface area (Å²) in [5.41, 5.74) is 4.91. The third-order valence-corrected chi connectivity index (χ3v) is 4.23. The second-order valence-electron chi connectivity index (χ2n) is 5.51. The molecule has 0 aliphatic heterocycles. The molecule has 0 amide bonds. The Balaban J connectivity index is 2.18. The fourth-order valence-electron chi connectivity index (χ4n) is 3.07. The fraction of sp³-hybridized carbons (Fsp3) is 0.200. The minimum atomic E-state index is -0.367. The van der Waals surface area contributed by atoms with Gasteiger partial charge in [0.1, 0.15) is 17.4 Å². The molecular weight excluding hydrogens is 302 g/mol. The Morgan fingerprint density at radius 1 is 1.17 bits per heavy atom. The van der Waals surface area contributed by atoms with Crippen LogP contribution in [0.2, 0.25) is 0 Å². The van der Waals surface area contributed by atoms with Crippen molar-refractivity contribution in [3.63, 3.8) is 0 Å². The number of allylic oxidation sites excluding steroid dienone is 1. The molecule has 0 saturated carbocycles. The zero-order valence-electron chi connectivity index (χ0n) is 13.6. The highest BCUT2D eigenvalue weighted by atomic mass is 16.5. The van der Waals surface area contributed by atoms with Gasteiger partial charge in [0.15, 0.2) is 0 Å². The zero-order valence-corrected chi connectivity index (χ0v) is 13.6. The lowest BCUT2D eigenvalue weighted by Gasteiger charge is -2.20. The van der Waals surface area contributed by atoms with Crippen molar-refractivity contribution in [3.8, 4) is 11.8 Å². The molecular formula is C20H17NO3. The normalized spacial score (nSPS) is 12.6. The standard InChI is InChI=1S/C20H17NO3/c1-23-19-8-4-7-16(18(19)12-21)15-6-3-5-13-9-10-14(11-17(13)15)20(22)24-2/h4,6-11H,3,5H2,1-2H3. The van der Waals surface area contributed by atoms with Crippen molar-refractivity contribution < 1.29 is 14.3 Å². The van der Waals surface area contributed by atoms with Crippen LogP contribution in [0, 0.1) is 11.3 Å². The first kappa shape index (κ1) is 15.8. The smallest absolute Gasteiger partial charge is 0.337 e. The Morgan fingerprint density at radius 3 is 2.71 bits per heavy atom. The van der Waals surface area contributed by atoms with Crippen LogP contribution >= 0.6 is 0 Å². The molecule has 2 aromatic rings. The third-order valence-electron chi connectivity index (χ3n) is 4.23. The van der Waals surface area contributed by atoms with E-state index < -0.39 is 0 Å². The van der Waals surface area contributed by atoms with Crippen molar-refractivity contribution >= 4 is 11.5 Å². The number of aryl methyl sites for hydroxylation is 1. The quantitative estimate of drug-likeness (QED) is 0.809. The Kier molecular flexibility index (Phi) is 4.35. The van der Waals surface area contributed by atoms with Gasteiger partial charge in [-0.1, -0.05) is 24.3 Å². The molecule has 1 aliphatic rings. The number of ether oxygens (including phenoxy) is 2. The van der Waals surface area contributed by atoms with E-state index in [1.165, 1.54) is 7.11 Å². The van der Waals surface area contributed by atoms with Gasteiger partial charge in [0.2, 0.25) is 0 Å². The van der Waals surface area contributed by atoms with E-state index in [2.05, 4.69) is 12.1 Å². The Hall–Kier alpha value is -3.06. The van der Waals surface area contributed by atoms with Gasteiger partial charge in [0, 0.05) is 5.56 Å². The maximum absolute atomic E-state index is 11.9. The van der Waals surface area contributed by atoms with E-state index in [1.807, 2.05) is 24.3 Å². The van der Waals surface area contributed by atoms with Crippen LogP contribution in [-0.2, 0) is 11.2 Å². The van der Waals surface area contributed by atoms with Crippen molar-refractivity contribution in [2.75, 3.05) is 14.2 Å². The molecule has 1 aliphatic carbocycles. The number of esters is 1. The fourth-order valence-corrected chi connectivity index (χ4v) is 3.07. The number of methoxy groups -OCH3 is 2. The second kappa shape index (κ2) is 6.59. The van der Waals surface area contributed by atoms with Gasteiger partial charge in [0.25, 0.3) is 0 Å². The number of hydrogen-bond donors (Lipinski definition) is 0. The SMILES string of the molecule is COC(=O)c1ccc2c(c1)C(c1cccc(OC)c1C#N)=CCC2. The zero-order chi connectivity index (χ0) is 17.1. The number of carbonyl (C=O) groups is 1. The molecule has 4 heteroatoms. The lowest BCUT2D eigenvalue weighted by Crippen LogP contribution is -2.07. The van der Waals surface area contributed by atoms with E-state index in [0.717, 1.165) is 35.1 Å². The number of hydrogen-bond acceptors (Lipinski definition) is 4. The molecule has 0 saturated heterocycles. The van der Waals surface area contributed by atoms with E-state index in [-0.39, 0.29) is 5.97 Å². The van der Waals surface area contributed by atoms with Gasteiger partial charge in [-0.25, -0.2) is 4.79 Å². The Bertz CT molecular complexity index is 875. The second-order valence-corrected chi connectivity index (χ2v) is 5.51. The highest BCUT2D eigenvalue weighted by Gasteiger charge is 2.20. The first-order valence-corrected chi connectivity index (χ1v) is 7.69. The van der Waals surface area contributed by atoms with Gasteiger partial charge < -0.3 is 9.47 Å². The number of benzene rings is 2. The third kappa shape index (κ3) is 2.65. The largest absolute Gasteiger partial charge is 0.495 e. The molecule has 0 atom stereocenters. The van der Waals surface area contributed by atoms with Gasteiger partial charge in [-0.3, -0.25) is 0 Å². The van der Waals surface area contributed by atoms with Crippen LogP contribution in [0.5, 0.6) is 5.75 Å². The molecule has 0 unspecified atom stereocenters. The van der Waals surface area contributed by atoms with E-state index in [1.54, 1.807) is 19.2 Å². The molecule has 4 nitrogen and oxygen atoms in total. The Morgan fingerprint density at radius 2 is 2.00 bits per heavy atom. The highest BCUT2D eigenvalue weighted by Crippen LogP contribution is 2.36. The molecule has 0 spiro atoms. The summed E-state index contributed by atoms with van der Waals surface area (Å²) < 4.78 is 10.1. The molecule has 0 heterocycles. The van der Waals surface area contributed by atoms with Crippen LogP contribution in [0.4, 0.5) is 0 Å². The summed E-state index contributed by atoms with van der Waals surface area (Å²) in [7, 11) is 2.92. The number of carbonyl (C=O) groups excluding carboxylic acids is 1. The summed E-state index contributed by atoms with van der Waals surface area (Å²) in [6.45, 7) is 0. The van der Waals surface area contributed by atoms with Crippen LogP contribution < -0.4 is 4.74 Å². The van der Waals surface area contributed by atoms with Crippen molar-refractivity contribution in [3.05, 3.63) is 70.3 Å². The number of nitrogens with zero attached hydrogens (tertiary/aromatic N) is 1. The molecule has 2 aromatic carbocycles. The van der Waals surface area contributed by atoms with Gasteiger partial charge in [-0.15, -0.1) is 0 Å². The van der Waals surface area contributed by atoms with Crippen LogP contribution in [0.1, 0.15) is 39.0 Å². The van der Waals surface area contributed by atoms with Gasteiger partial charge >= 0.3 is 5.97 Å². The first-order chi connectivity index (χ1) is 11.7. The molecule has 120 valence electrons. The summed E-state index contributed by atoms with van der Waals surface area (Å²) in [5.74, 6) is 0.181. The van der Waals surface area contributed by atoms with Crippen LogP contribution in [0.3, 0.4) is 0 Å². The van der Waals surface area contributed by atoms with E-state index in [4.69, 9.17) is 9.47 Å². The van der Waals surface area contributed by atoms with Gasteiger partial charge in [-0.05, 0) is 47.7 Å². The van der Waals surface area contributed by atoms with Crippen LogP contribution in [0.25, 0.3) is 5.57 Å². The van der Waals surface area contributed by atoms with E-state index in [0.29, 0.717) is 16.9 Å². The van der Waals surface area contributed by atoms with E-state index >= 15 is 0 Å². The minimum Gasteiger partial charge on any atom is -0.495 e. The van der Waals surface area contributed by atoms with Crippen molar-refractivity contribution in [2.45, 2.75) is 12.8 Å². The highest BCUT2D eigenvalue weighted by molar-refractivity contribution is 5.93. The lowest BCUT2D eigenvalue weighted by molar-refractivity contribution is 0.0600. The van der Waals surface area contributed by atoms with E-state index in [9.17, 15) is 10.1 Å². The molecule has 24 heavy (non-hydrogen) atoms. The predicted molar refractivity (Wildman–Crippen MR) is 90.9 cm³/mol. The van der Waals surface area contributed by atoms with Crippen molar-refractivity contribution in [1.82, 2.24) is 0 Å². The molecule has 3 rings (SSSR count). The molecule has 0 fully saturated rings. The maximum Gasteiger partial charge on any atom is 0.337 e. The molecule has 0 bridgehead atoms. The van der Waals surface area contributed by atoms with Gasteiger partial charge in [-0.2, -0.15) is 5.26 Å². The average molecular weight is 319 g/mol. The summed E-state index contributed by atoms with van der Waals surface area (Å²) in [6, 6.07) is 13.4. The Labute approximate surface area is 140 Å². The first-order valence-electron chi connectivity index (χ1n) is 7.69. The summed E-state index contributed by atoms with van der Waals surface area (Å²) >= 11 is 0. The molecule has 0 N–H and O–H groups in total.